The highest BCUT2D eigenvalue weighted by Crippen LogP contribution is 2.25. The van der Waals surface area contributed by atoms with Crippen LogP contribution >= 0.6 is 0 Å². The SMILES string of the molecule is CC(=O)c1cc(F)c(N2CCN(C(C)=O)CC2)cc1C. The van der Waals surface area contributed by atoms with E-state index in [1.165, 1.54) is 13.0 Å². The van der Waals surface area contributed by atoms with Crippen LogP contribution in [-0.2, 0) is 4.79 Å². The third-order valence-electron chi connectivity index (χ3n) is 3.74. The number of nitrogens with zero attached hydrogens (tertiary/aromatic N) is 2. The number of rotatable bonds is 2. The molecule has 1 aromatic rings. The van der Waals surface area contributed by atoms with Gasteiger partial charge in [-0.3, -0.25) is 9.59 Å². The molecule has 0 N–H and O–H groups in total. The molecule has 1 amide bonds. The molecule has 1 aliphatic heterocycles. The van der Waals surface area contributed by atoms with E-state index in [0.29, 0.717) is 37.4 Å². The Balaban J connectivity index is 2.20. The van der Waals surface area contributed by atoms with Crippen molar-refractivity contribution in [3.8, 4) is 0 Å². The number of piperazine rings is 1. The Morgan fingerprint density at radius 2 is 1.70 bits per heavy atom. The maximum atomic E-state index is 14.2. The predicted molar refractivity (Wildman–Crippen MR) is 75.6 cm³/mol. The molecular formula is C15H19FN2O2. The zero-order chi connectivity index (χ0) is 14.9. The van der Waals surface area contributed by atoms with Gasteiger partial charge in [-0.2, -0.15) is 0 Å². The van der Waals surface area contributed by atoms with Crippen molar-refractivity contribution in [2.45, 2.75) is 20.8 Å². The Kier molecular flexibility index (Phi) is 4.06. The predicted octanol–water partition coefficient (Wildman–Crippen LogP) is 2.01. The highest BCUT2D eigenvalue weighted by Gasteiger charge is 2.22. The van der Waals surface area contributed by atoms with Gasteiger partial charge >= 0.3 is 0 Å². The molecule has 1 saturated heterocycles. The number of Topliss-reactive ketones (excluding diaryl/α,β-unsaturated/α-hetero) is 1. The number of hydrogen-bond acceptors (Lipinski definition) is 3. The van der Waals surface area contributed by atoms with Crippen LogP contribution in [0.2, 0.25) is 0 Å². The number of hydrogen-bond donors (Lipinski definition) is 0. The highest BCUT2D eigenvalue weighted by molar-refractivity contribution is 5.96. The molecule has 1 aliphatic rings. The number of amides is 1. The van der Waals surface area contributed by atoms with E-state index in [2.05, 4.69) is 0 Å². The lowest BCUT2D eigenvalue weighted by molar-refractivity contribution is -0.129. The van der Waals surface area contributed by atoms with E-state index in [1.807, 2.05) is 11.8 Å². The van der Waals surface area contributed by atoms with Gasteiger partial charge in [0.1, 0.15) is 5.82 Å². The molecule has 4 nitrogen and oxygen atoms in total. The summed E-state index contributed by atoms with van der Waals surface area (Å²) in [6.45, 7) is 7.20. The second kappa shape index (κ2) is 5.61. The minimum atomic E-state index is -0.378. The Morgan fingerprint density at radius 1 is 1.10 bits per heavy atom. The van der Waals surface area contributed by atoms with Crippen LogP contribution in [0.4, 0.5) is 10.1 Å². The van der Waals surface area contributed by atoms with Gasteiger partial charge in [0.05, 0.1) is 5.69 Å². The number of ketones is 1. The zero-order valence-corrected chi connectivity index (χ0v) is 12.1. The summed E-state index contributed by atoms with van der Waals surface area (Å²) in [6, 6.07) is 3.03. The Hall–Kier alpha value is -1.91. The van der Waals surface area contributed by atoms with Crippen molar-refractivity contribution in [2.75, 3.05) is 31.1 Å². The Bertz CT molecular complexity index is 549. The minimum absolute atomic E-state index is 0.0493. The van der Waals surface area contributed by atoms with Crippen molar-refractivity contribution < 1.29 is 14.0 Å². The van der Waals surface area contributed by atoms with Crippen LogP contribution in [0.5, 0.6) is 0 Å². The van der Waals surface area contributed by atoms with Crippen LogP contribution in [0.25, 0.3) is 0 Å². The van der Waals surface area contributed by atoms with Gasteiger partial charge in [0.25, 0.3) is 0 Å². The van der Waals surface area contributed by atoms with Gasteiger partial charge in [-0.15, -0.1) is 0 Å². The van der Waals surface area contributed by atoms with Gasteiger partial charge in [0, 0.05) is 38.7 Å². The van der Waals surface area contributed by atoms with Gasteiger partial charge in [0.2, 0.25) is 5.91 Å². The van der Waals surface area contributed by atoms with Gasteiger partial charge in [-0.05, 0) is 31.5 Å². The Labute approximate surface area is 118 Å². The molecule has 0 aromatic heterocycles. The van der Waals surface area contributed by atoms with Gasteiger partial charge in [-0.1, -0.05) is 0 Å². The first-order valence-electron chi connectivity index (χ1n) is 6.71. The fourth-order valence-electron chi connectivity index (χ4n) is 2.55. The summed E-state index contributed by atoms with van der Waals surface area (Å²) in [5.74, 6) is -0.459. The van der Waals surface area contributed by atoms with Crippen molar-refractivity contribution in [3.63, 3.8) is 0 Å². The molecule has 20 heavy (non-hydrogen) atoms. The molecule has 0 spiro atoms. The van der Waals surface area contributed by atoms with E-state index >= 15 is 0 Å². The van der Waals surface area contributed by atoms with E-state index in [9.17, 15) is 14.0 Å². The molecule has 0 radical (unpaired) electrons. The van der Waals surface area contributed by atoms with Crippen molar-refractivity contribution in [3.05, 3.63) is 29.1 Å². The van der Waals surface area contributed by atoms with Crippen molar-refractivity contribution in [1.29, 1.82) is 0 Å². The van der Waals surface area contributed by atoms with Gasteiger partial charge in [-0.25, -0.2) is 4.39 Å². The normalized spacial score (nSPS) is 15.4. The second-order valence-corrected chi connectivity index (χ2v) is 5.17. The first kappa shape index (κ1) is 14.5. The van der Waals surface area contributed by atoms with Crippen LogP contribution in [0, 0.1) is 12.7 Å². The number of benzene rings is 1. The lowest BCUT2D eigenvalue weighted by Crippen LogP contribution is -2.48. The largest absolute Gasteiger partial charge is 0.366 e. The first-order chi connectivity index (χ1) is 9.40. The first-order valence-corrected chi connectivity index (χ1v) is 6.71. The lowest BCUT2D eigenvalue weighted by atomic mass is 10.0. The number of halogens is 1. The highest BCUT2D eigenvalue weighted by atomic mass is 19.1. The fraction of sp³-hybridized carbons (Fsp3) is 0.467. The van der Waals surface area contributed by atoms with Crippen molar-refractivity contribution >= 4 is 17.4 Å². The summed E-state index contributed by atoms with van der Waals surface area (Å²) >= 11 is 0. The lowest BCUT2D eigenvalue weighted by Gasteiger charge is -2.36. The third kappa shape index (κ3) is 2.81. The second-order valence-electron chi connectivity index (χ2n) is 5.17. The van der Waals surface area contributed by atoms with Crippen molar-refractivity contribution in [1.82, 2.24) is 4.90 Å². The minimum Gasteiger partial charge on any atom is -0.366 e. The van der Waals surface area contributed by atoms with Crippen LogP contribution in [0.15, 0.2) is 12.1 Å². The molecule has 1 fully saturated rings. The Morgan fingerprint density at radius 3 is 2.20 bits per heavy atom. The van der Waals surface area contributed by atoms with Crippen LogP contribution in [-0.4, -0.2) is 42.8 Å². The standard InChI is InChI=1S/C15H19FN2O2/c1-10-8-15(14(16)9-13(10)11(2)19)18-6-4-17(5-7-18)12(3)20/h8-9H,4-7H2,1-3H3. The van der Waals surface area contributed by atoms with Crippen LogP contribution in [0.3, 0.4) is 0 Å². The van der Waals surface area contributed by atoms with E-state index in [4.69, 9.17) is 0 Å². The number of anilines is 1. The van der Waals surface area contributed by atoms with Crippen molar-refractivity contribution in [2.24, 2.45) is 0 Å². The van der Waals surface area contributed by atoms with E-state index in [0.717, 1.165) is 5.56 Å². The summed E-state index contributed by atoms with van der Waals surface area (Å²) in [5.41, 5.74) is 1.72. The summed E-state index contributed by atoms with van der Waals surface area (Å²) in [6.07, 6.45) is 0. The van der Waals surface area contributed by atoms with Gasteiger partial charge in [0.15, 0.2) is 5.78 Å². The average Bonchev–Trinajstić information content (AvgIpc) is 2.40. The molecule has 2 rings (SSSR count). The smallest absolute Gasteiger partial charge is 0.219 e. The summed E-state index contributed by atoms with van der Waals surface area (Å²) < 4.78 is 14.2. The molecule has 0 unspecified atom stereocenters. The molecule has 0 atom stereocenters. The number of aryl methyl sites for hydroxylation is 1. The molecule has 5 heteroatoms. The zero-order valence-electron chi connectivity index (χ0n) is 12.1. The third-order valence-corrected chi connectivity index (χ3v) is 3.74. The maximum absolute atomic E-state index is 14.2. The molecular weight excluding hydrogens is 259 g/mol. The monoisotopic (exact) mass is 278 g/mol. The van der Waals surface area contributed by atoms with Crippen LogP contribution in [0.1, 0.15) is 29.8 Å². The summed E-state index contributed by atoms with van der Waals surface area (Å²) in [4.78, 5) is 26.4. The van der Waals surface area contributed by atoms with E-state index in [-0.39, 0.29) is 17.5 Å². The summed E-state index contributed by atoms with van der Waals surface area (Å²) in [7, 11) is 0. The average molecular weight is 278 g/mol. The summed E-state index contributed by atoms with van der Waals surface area (Å²) in [5, 5.41) is 0. The molecule has 1 heterocycles. The number of carbonyl (C=O) groups is 2. The molecule has 0 saturated carbocycles. The molecule has 1 aromatic carbocycles. The molecule has 0 bridgehead atoms. The number of carbonyl (C=O) groups excluding carboxylic acids is 2. The molecule has 108 valence electrons. The molecule has 0 aliphatic carbocycles. The van der Waals surface area contributed by atoms with E-state index < -0.39 is 0 Å². The van der Waals surface area contributed by atoms with Crippen LogP contribution < -0.4 is 4.90 Å². The van der Waals surface area contributed by atoms with E-state index in [1.54, 1.807) is 17.9 Å². The topological polar surface area (TPSA) is 40.6 Å². The fourth-order valence-corrected chi connectivity index (χ4v) is 2.55. The van der Waals surface area contributed by atoms with Gasteiger partial charge < -0.3 is 9.80 Å². The maximum Gasteiger partial charge on any atom is 0.219 e. The quantitative estimate of drug-likeness (QED) is 0.777.